The molecule has 2 atom stereocenters. The number of aromatic hydroxyl groups is 1. The third-order valence-corrected chi connectivity index (χ3v) is 12.2. The predicted octanol–water partition coefficient (Wildman–Crippen LogP) is 2.70. The van der Waals surface area contributed by atoms with E-state index in [0.717, 1.165) is 24.5 Å². The van der Waals surface area contributed by atoms with Gasteiger partial charge in [0.15, 0.2) is 28.5 Å². The lowest BCUT2D eigenvalue weighted by Gasteiger charge is -2.21. The van der Waals surface area contributed by atoms with E-state index >= 15 is 0 Å². The van der Waals surface area contributed by atoms with E-state index < -0.39 is 60.7 Å². The Balaban J connectivity index is 0.871. The van der Waals surface area contributed by atoms with Crippen LogP contribution in [-0.2, 0) is 60.7 Å². The summed E-state index contributed by atoms with van der Waals surface area (Å²) in [6.45, 7) is 5.09. The van der Waals surface area contributed by atoms with Crippen molar-refractivity contribution in [2.45, 2.75) is 83.3 Å². The molecule has 2 aromatic heterocycles. The van der Waals surface area contributed by atoms with E-state index in [1.807, 2.05) is 6.92 Å². The Morgan fingerprint density at radius 1 is 0.702 bits per heavy atom. The first-order valence-electron chi connectivity index (χ1n) is 27.2. The highest BCUT2D eigenvalue weighted by Gasteiger charge is 2.28. The molecule has 0 radical (unpaired) electrons. The number of fused-ring (bicyclic) bond motifs is 1. The van der Waals surface area contributed by atoms with E-state index in [-0.39, 0.29) is 78.9 Å². The summed E-state index contributed by atoms with van der Waals surface area (Å²) < 4.78 is 34.6. The Morgan fingerprint density at radius 2 is 1.39 bits per heavy atom. The molecular formula is C57H72N10O17. The number of esters is 1. The van der Waals surface area contributed by atoms with Crippen LogP contribution in [0, 0.1) is 0 Å². The fourth-order valence-corrected chi connectivity index (χ4v) is 7.72. The smallest absolute Gasteiger partial charge is 0.326 e. The van der Waals surface area contributed by atoms with Gasteiger partial charge in [-0.2, -0.15) is 15.0 Å². The molecule has 5 aromatic rings. The molecule has 84 heavy (non-hydrogen) atoms. The third-order valence-electron chi connectivity index (χ3n) is 12.2. The van der Waals surface area contributed by atoms with Crippen LogP contribution in [0.3, 0.4) is 0 Å². The van der Waals surface area contributed by atoms with Gasteiger partial charge in [0, 0.05) is 57.2 Å². The van der Waals surface area contributed by atoms with Gasteiger partial charge in [-0.25, -0.2) is 4.79 Å². The number of methoxy groups -OCH3 is 1. The Labute approximate surface area is 484 Å². The zero-order valence-corrected chi connectivity index (χ0v) is 46.8. The van der Waals surface area contributed by atoms with Crippen molar-refractivity contribution in [1.29, 1.82) is 0 Å². The molecular weight excluding hydrogens is 1100 g/mol. The van der Waals surface area contributed by atoms with Crippen molar-refractivity contribution in [3.8, 4) is 23.5 Å². The number of hydrogen-bond acceptors (Lipinski definition) is 19. The predicted molar refractivity (Wildman–Crippen MR) is 303 cm³/mol. The summed E-state index contributed by atoms with van der Waals surface area (Å²) in [6.07, 6.45) is 4.19. The lowest BCUT2D eigenvalue weighted by atomic mass is 10.0. The van der Waals surface area contributed by atoms with E-state index in [4.69, 9.17) is 39.3 Å². The monoisotopic (exact) mass is 1170 g/mol. The largest absolute Gasteiger partial charge is 0.493 e. The van der Waals surface area contributed by atoms with Gasteiger partial charge in [0.25, 0.3) is 11.9 Å². The Morgan fingerprint density at radius 3 is 2.06 bits per heavy atom. The molecule has 10 N–H and O–H groups in total. The van der Waals surface area contributed by atoms with Gasteiger partial charge < -0.3 is 76.1 Å². The number of rotatable bonds is 39. The number of carboxylic acids is 2. The first kappa shape index (κ1) is 65.6. The highest BCUT2D eigenvalue weighted by Crippen LogP contribution is 2.29. The van der Waals surface area contributed by atoms with Crippen molar-refractivity contribution in [2.75, 3.05) is 78.7 Å². The van der Waals surface area contributed by atoms with Gasteiger partial charge >= 0.3 is 23.9 Å². The maximum atomic E-state index is 13.1. The van der Waals surface area contributed by atoms with E-state index in [0.29, 0.717) is 94.5 Å². The minimum absolute atomic E-state index is 0.0248. The number of carbonyl (C=O) groups is 8. The number of aromatic nitrogens is 4. The number of ether oxygens (including phenoxy) is 6. The number of aliphatic carboxylic acids is 2. The number of nitrogen functional groups attached to an aromatic ring is 1. The van der Waals surface area contributed by atoms with E-state index in [1.54, 1.807) is 60.7 Å². The molecule has 27 nitrogen and oxygen atoms in total. The first-order chi connectivity index (χ1) is 40.5. The molecule has 5 amide bonds. The number of nitrogens with one attached hydrogen (secondary N) is 5. The minimum Gasteiger partial charge on any atom is -0.493 e. The van der Waals surface area contributed by atoms with Crippen LogP contribution in [0.4, 0.5) is 5.82 Å². The Bertz CT molecular complexity index is 3010. The van der Waals surface area contributed by atoms with E-state index in [9.17, 15) is 48.6 Å². The van der Waals surface area contributed by atoms with Crippen molar-refractivity contribution in [3.05, 3.63) is 101 Å². The van der Waals surface area contributed by atoms with Gasteiger partial charge in [-0.1, -0.05) is 61.9 Å². The number of hydrogen-bond donors (Lipinski definition) is 9. The number of benzene rings is 3. The lowest BCUT2D eigenvalue weighted by molar-refractivity contribution is -0.143. The first-order valence-corrected chi connectivity index (χ1v) is 27.2. The van der Waals surface area contributed by atoms with Gasteiger partial charge in [0.05, 0.1) is 59.7 Å². The zero-order valence-electron chi connectivity index (χ0n) is 46.8. The van der Waals surface area contributed by atoms with Crippen molar-refractivity contribution < 1.29 is 82.1 Å². The highest BCUT2D eigenvalue weighted by atomic mass is 16.6. The van der Waals surface area contributed by atoms with Crippen LogP contribution >= 0.6 is 0 Å². The molecule has 3 aromatic carbocycles. The van der Waals surface area contributed by atoms with Crippen molar-refractivity contribution in [2.24, 2.45) is 0 Å². The van der Waals surface area contributed by atoms with Crippen LogP contribution in [0.1, 0.15) is 85.3 Å². The van der Waals surface area contributed by atoms with Crippen LogP contribution < -0.4 is 46.5 Å². The molecule has 452 valence electrons. The van der Waals surface area contributed by atoms with E-state index in [1.165, 1.54) is 29.9 Å². The van der Waals surface area contributed by atoms with Crippen molar-refractivity contribution in [3.63, 3.8) is 0 Å². The van der Waals surface area contributed by atoms with Crippen LogP contribution in [0.5, 0.6) is 23.5 Å². The molecule has 0 fully saturated rings. The van der Waals surface area contributed by atoms with Crippen molar-refractivity contribution in [1.82, 2.24) is 46.1 Å². The van der Waals surface area contributed by atoms with Crippen LogP contribution in [0.25, 0.3) is 17.2 Å². The fraction of sp³-hybridized carbons (Fsp3) is 0.421. The molecule has 2 unspecified atom stereocenters. The summed E-state index contributed by atoms with van der Waals surface area (Å²) in [4.78, 5) is 112. The van der Waals surface area contributed by atoms with Gasteiger partial charge in [0.1, 0.15) is 12.1 Å². The van der Waals surface area contributed by atoms with Gasteiger partial charge in [-0.3, -0.25) is 38.1 Å². The van der Waals surface area contributed by atoms with Crippen LogP contribution in [0.15, 0.2) is 78.9 Å². The SMILES string of the molecule is CCCCOc1nc(N)c2nc(O)n(Cc3ccc(C(=O)NCCCOCCOCCOCCCNC(=O)CCC(=O)Oc4ccc(/C=C/C(=O)NCC(=O)NC(Cc5ccccc5)C(=O)NC(CCC(=O)O)C(=O)O)cc4OC)cc3)c2n1. The number of unbranched alkanes of at least 4 members (excludes halogenated alkanes) is 1. The summed E-state index contributed by atoms with van der Waals surface area (Å²) >= 11 is 0. The van der Waals surface area contributed by atoms with Crippen LogP contribution in [-0.4, -0.2) is 167 Å². The minimum atomic E-state index is -1.51. The molecule has 0 bridgehead atoms. The molecule has 0 aliphatic heterocycles. The van der Waals surface area contributed by atoms with E-state index in [2.05, 4.69) is 41.5 Å². The zero-order chi connectivity index (χ0) is 60.6. The third kappa shape index (κ3) is 23.3. The molecule has 0 spiro atoms. The normalized spacial score (nSPS) is 11.8. The molecule has 0 saturated heterocycles. The number of anilines is 1. The summed E-state index contributed by atoms with van der Waals surface area (Å²) in [6, 6.07) is 17.1. The molecule has 0 aliphatic rings. The summed E-state index contributed by atoms with van der Waals surface area (Å²) in [5.74, 6) is -5.91. The second-order valence-electron chi connectivity index (χ2n) is 18.7. The number of carboxylic acid groups (broad SMARTS) is 2. The van der Waals surface area contributed by atoms with Gasteiger partial charge in [-0.15, -0.1) is 0 Å². The maximum Gasteiger partial charge on any atom is 0.326 e. The molecule has 0 aliphatic carbocycles. The van der Waals surface area contributed by atoms with Crippen molar-refractivity contribution >= 4 is 70.5 Å². The number of carbonyl (C=O) groups excluding carboxylic acids is 6. The topological polar surface area (TPSA) is 382 Å². The average molecular weight is 1170 g/mol. The summed E-state index contributed by atoms with van der Waals surface area (Å²) in [5.41, 5.74) is 9.03. The highest BCUT2D eigenvalue weighted by molar-refractivity contribution is 5.96. The number of imidazole rings is 1. The standard InChI is InChI=1S/C57H72N10O17/c1-3-4-28-83-56-65-51(58)50-52(66-56)67(57(78)64-50)36-39-12-16-40(17-13-39)53(74)60-25-9-27-81-30-32-82-31-29-80-26-8-24-59-45(68)21-23-49(73)84-43-19-14-38(34-44(43)79-2)15-20-46(69)61-35-47(70)62-42(33-37-10-6-5-7-11-37)54(75)63-41(55(76)77)18-22-48(71)72/h5-7,10-17,19-20,34,41-42H,3-4,8-9,18,21-33,35-36H2,1-2H3,(H,59,68)(H,60,74)(H,61,69)(H,62,70)(H,63,75)(H,64,78)(H,71,72)(H,76,77)(H2,58,65,66)/b20-15+. The van der Waals surface area contributed by atoms with Gasteiger partial charge in [-0.05, 0) is 72.7 Å². The molecule has 27 heteroatoms. The lowest BCUT2D eigenvalue weighted by Crippen LogP contribution is -2.54. The van der Waals surface area contributed by atoms with Crippen LogP contribution in [0.2, 0.25) is 0 Å². The number of nitrogens with two attached hydrogens (primary N) is 1. The Kier molecular flexibility index (Phi) is 27.8. The Hall–Kier alpha value is -9.21. The molecule has 5 rings (SSSR count). The summed E-state index contributed by atoms with van der Waals surface area (Å²) in [5, 5.41) is 41.8. The average Bonchev–Trinajstić information content (AvgIpc) is 3.94. The number of nitrogens with zero attached hydrogens (tertiary/aromatic N) is 4. The number of amides is 5. The van der Waals surface area contributed by atoms with Gasteiger partial charge in [0.2, 0.25) is 23.6 Å². The second kappa shape index (κ2) is 35.6. The quantitative estimate of drug-likeness (QED) is 0.0118. The summed E-state index contributed by atoms with van der Waals surface area (Å²) in [7, 11) is 1.35. The molecule has 2 heterocycles. The maximum absolute atomic E-state index is 13.1. The fourth-order valence-electron chi connectivity index (χ4n) is 7.72. The second-order valence-corrected chi connectivity index (χ2v) is 18.7. The molecule has 0 saturated carbocycles.